The number of nitrogens with one attached hydrogen (secondary N) is 6. The van der Waals surface area contributed by atoms with E-state index < -0.39 is 84.7 Å². The third kappa shape index (κ3) is 11.0. The van der Waals surface area contributed by atoms with Gasteiger partial charge in [0.2, 0.25) is 29.4 Å². The van der Waals surface area contributed by atoms with Crippen molar-refractivity contribution in [3.8, 4) is 17.2 Å². The Morgan fingerprint density at radius 1 is 0.947 bits per heavy atom. The van der Waals surface area contributed by atoms with Crippen LogP contribution in [-0.2, 0) is 35.2 Å². The van der Waals surface area contributed by atoms with Crippen LogP contribution in [0.15, 0.2) is 41.4 Å². The molecule has 3 aromatic rings. The van der Waals surface area contributed by atoms with Crippen LogP contribution in [0.25, 0.3) is 10.9 Å². The zero-order chi connectivity index (χ0) is 42.0. The van der Waals surface area contributed by atoms with E-state index in [-0.39, 0.29) is 49.0 Å². The van der Waals surface area contributed by atoms with E-state index in [1.807, 2.05) is 24.3 Å². The largest absolute Gasteiger partial charge is 0.502 e. The van der Waals surface area contributed by atoms with Crippen molar-refractivity contribution in [2.45, 2.75) is 69.7 Å². The summed E-state index contributed by atoms with van der Waals surface area (Å²) in [6.07, 6.45) is -0.376. The number of hydrogen-bond acceptors (Lipinski definition) is 11. The Bertz CT molecular complexity index is 1990. The number of amides is 4. The van der Waals surface area contributed by atoms with Crippen molar-refractivity contribution in [1.82, 2.24) is 31.6 Å². The van der Waals surface area contributed by atoms with Gasteiger partial charge in [-0.05, 0) is 54.5 Å². The van der Waals surface area contributed by atoms with E-state index >= 15 is 0 Å². The molecule has 4 amide bonds. The van der Waals surface area contributed by atoms with E-state index in [0.29, 0.717) is 5.56 Å². The molecule has 5 atom stereocenters. The molecule has 4 rings (SSSR count). The number of aromatic nitrogens is 1. The Hall–Kier alpha value is -6.57. The Labute approximate surface area is 327 Å². The first-order chi connectivity index (χ1) is 27.0. The predicted molar refractivity (Wildman–Crippen MR) is 205 cm³/mol. The van der Waals surface area contributed by atoms with Crippen LogP contribution in [-0.4, -0.2) is 113 Å². The molecule has 0 radical (unpaired) electrons. The fourth-order valence-electron chi connectivity index (χ4n) is 6.48. The number of ether oxygens (including phenoxy) is 2. The summed E-state index contributed by atoms with van der Waals surface area (Å²) in [5.41, 5.74) is 13.9. The Balaban J connectivity index is 1.55. The molecule has 1 aromatic heterocycles. The number of phenols is 1. The topological polar surface area (TPSA) is 322 Å². The minimum Gasteiger partial charge on any atom is -0.502 e. The second-order valence-electron chi connectivity index (χ2n) is 13.7. The molecular formula is C37H49N9O11. The van der Waals surface area contributed by atoms with Gasteiger partial charge >= 0.3 is 11.9 Å². The first-order valence-corrected chi connectivity index (χ1v) is 18.0. The van der Waals surface area contributed by atoms with Crippen LogP contribution in [0.5, 0.6) is 17.2 Å². The van der Waals surface area contributed by atoms with Crippen LogP contribution >= 0.6 is 0 Å². The smallest absolute Gasteiger partial charge is 0.326 e. The van der Waals surface area contributed by atoms with Gasteiger partial charge in [0.05, 0.1) is 39.3 Å². The van der Waals surface area contributed by atoms with Gasteiger partial charge in [0.25, 0.3) is 0 Å². The number of aromatic amines is 1. The van der Waals surface area contributed by atoms with Crippen LogP contribution < -0.4 is 47.5 Å². The molecule has 20 nitrogen and oxygen atoms in total. The lowest BCUT2D eigenvalue weighted by atomic mass is 9.89. The van der Waals surface area contributed by atoms with Crippen molar-refractivity contribution >= 4 is 52.4 Å². The number of hydrogen-bond donors (Lipinski definition) is 11. The van der Waals surface area contributed by atoms with Gasteiger partial charge in [0.1, 0.15) is 18.1 Å². The highest BCUT2D eigenvalue weighted by Crippen LogP contribution is 2.42. The Morgan fingerprint density at radius 3 is 2.21 bits per heavy atom. The number of H-pyrrole nitrogens is 1. The molecule has 2 aromatic carbocycles. The van der Waals surface area contributed by atoms with Crippen molar-refractivity contribution in [2.24, 2.45) is 22.4 Å². The molecule has 0 saturated heterocycles. The number of aliphatic carboxylic acids is 2. The molecule has 2 unspecified atom stereocenters. The van der Waals surface area contributed by atoms with Crippen molar-refractivity contribution in [1.29, 1.82) is 0 Å². The fraction of sp³-hybridized carbons (Fsp3) is 0.432. The number of benzene rings is 2. The number of phenolic OH excluding ortho intramolecular Hbond substituents is 1. The molecule has 13 N–H and O–H groups in total. The number of carboxylic acid groups (broad SMARTS) is 2. The minimum absolute atomic E-state index is 0.0344. The Kier molecular flexibility index (Phi) is 14.6. The molecule has 20 heteroatoms. The maximum atomic E-state index is 14.1. The number of methoxy groups -OCH3 is 2. The summed E-state index contributed by atoms with van der Waals surface area (Å²) in [7, 11) is 2.80. The molecule has 57 heavy (non-hydrogen) atoms. The monoisotopic (exact) mass is 795 g/mol. The average molecular weight is 796 g/mol. The number of aliphatic imine (C=N–C) groups is 1. The van der Waals surface area contributed by atoms with Crippen LogP contribution in [0.1, 0.15) is 56.0 Å². The van der Waals surface area contributed by atoms with Gasteiger partial charge < -0.3 is 62.5 Å². The maximum absolute atomic E-state index is 14.1. The van der Waals surface area contributed by atoms with E-state index in [9.17, 15) is 44.1 Å². The second-order valence-corrected chi connectivity index (χ2v) is 13.7. The lowest BCUT2D eigenvalue weighted by Gasteiger charge is -2.32. The zero-order valence-corrected chi connectivity index (χ0v) is 31.9. The van der Waals surface area contributed by atoms with Crippen LogP contribution in [0.4, 0.5) is 0 Å². The summed E-state index contributed by atoms with van der Waals surface area (Å²) in [6, 6.07) is 5.05. The summed E-state index contributed by atoms with van der Waals surface area (Å²) >= 11 is 0. The summed E-state index contributed by atoms with van der Waals surface area (Å²) in [6.45, 7) is 2.48. The first kappa shape index (κ1) is 43.2. The first-order valence-electron chi connectivity index (χ1n) is 18.0. The lowest BCUT2D eigenvalue weighted by Crippen LogP contribution is -2.57. The number of fused-ring (bicyclic) bond motifs is 3. The van der Waals surface area contributed by atoms with Gasteiger partial charge in [0.15, 0.2) is 17.5 Å². The number of carbonyl (C=O) groups is 6. The van der Waals surface area contributed by atoms with Gasteiger partial charge in [0, 0.05) is 23.1 Å². The second kappa shape index (κ2) is 19.3. The van der Waals surface area contributed by atoms with Crippen molar-refractivity contribution < 1.29 is 53.6 Å². The fourth-order valence-corrected chi connectivity index (χ4v) is 6.48. The Morgan fingerprint density at radius 2 is 1.61 bits per heavy atom. The zero-order valence-electron chi connectivity index (χ0n) is 31.9. The summed E-state index contributed by atoms with van der Waals surface area (Å²) < 4.78 is 10.8. The molecule has 2 heterocycles. The molecular weight excluding hydrogens is 746 g/mol. The third-order valence-corrected chi connectivity index (χ3v) is 9.33. The highest BCUT2D eigenvalue weighted by atomic mass is 16.5. The van der Waals surface area contributed by atoms with Gasteiger partial charge in [-0.1, -0.05) is 32.0 Å². The van der Waals surface area contributed by atoms with Crippen LogP contribution in [0.3, 0.4) is 0 Å². The number of carboxylic acids is 2. The molecule has 1 aliphatic rings. The van der Waals surface area contributed by atoms with E-state index in [2.05, 4.69) is 36.6 Å². The molecule has 0 fully saturated rings. The van der Waals surface area contributed by atoms with Crippen molar-refractivity contribution in [3.63, 3.8) is 0 Å². The molecule has 308 valence electrons. The number of carbonyl (C=O) groups excluding carboxylic acids is 4. The number of rotatable bonds is 19. The highest BCUT2D eigenvalue weighted by molar-refractivity contribution is 5.96. The lowest BCUT2D eigenvalue weighted by molar-refractivity contribution is -0.144. The van der Waals surface area contributed by atoms with Crippen molar-refractivity contribution in [2.75, 3.05) is 27.3 Å². The minimum atomic E-state index is -1.66. The quantitative estimate of drug-likeness (QED) is 0.0408. The van der Waals surface area contributed by atoms with E-state index in [4.69, 9.17) is 20.9 Å². The standard InChI is InChI=1S/C37H49N9O11/c1-17(2)29(36(54)55)46-35(53)24(15-28(48)49)42-27(47)16-41-33(51)22(10-7-11-40-37(38)39)45-34(52)23-14-20-19-8-5-6-9-21(19)43-31(20)30(44-23)18-12-25(56-3)32(50)26(13-18)57-4/h5-6,8-9,12-13,17,22-24,29-30,43-44,50H,7,10-11,14-16H2,1-4H3,(H,41,51)(H,42,47)(H,45,52)(H,46,53)(H,48,49)(H,54,55)(H4,38,39,40)/t22-,23?,24-,29-,30?/m0/s1. The number of guanidine groups is 1. The molecule has 0 aliphatic carbocycles. The van der Waals surface area contributed by atoms with Gasteiger partial charge in [-0.15, -0.1) is 0 Å². The van der Waals surface area contributed by atoms with Crippen molar-refractivity contribution in [3.05, 3.63) is 53.2 Å². The van der Waals surface area contributed by atoms with E-state index in [0.717, 1.165) is 22.2 Å². The van der Waals surface area contributed by atoms with E-state index in [1.165, 1.54) is 14.2 Å². The van der Waals surface area contributed by atoms with Gasteiger partial charge in [-0.25, -0.2) is 4.79 Å². The SMILES string of the molecule is COc1cc(C2NC(C(=O)N[C@@H](CCCN=C(N)N)C(=O)NCC(=O)N[C@@H](CC(=O)O)C(=O)N[C@H](C(=O)O)C(C)C)Cc3c2[nH]c2ccccc32)cc(OC)c1O. The summed E-state index contributed by atoms with van der Waals surface area (Å²) in [4.78, 5) is 83.8. The maximum Gasteiger partial charge on any atom is 0.326 e. The molecule has 0 spiro atoms. The predicted octanol–water partition coefficient (Wildman–Crippen LogP) is -0.666. The molecule has 0 saturated carbocycles. The number of para-hydroxylation sites is 1. The summed E-state index contributed by atoms with van der Waals surface area (Å²) in [5.74, 6) is -6.75. The third-order valence-electron chi connectivity index (χ3n) is 9.33. The highest BCUT2D eigenvalue weighted by Gasteiger charge is 2.36. The summed E-state index contributed by atoms with van der Waals surface area (Å²) in [5, 5.41) is 43.2. The number of nitrogens with zero attached hydrogens (tertiary/aromatic N) is 1. The van der Waals surface area contributed by atoms with Gasteiger partial charge in [-0.2, -0.15) is 0 Å². The van der Waals surface area contributed by atoms with Gasteiger partial charge in [-0.3, -0.25) is 34.3 Å². The number of nitrogens with two attached hydrogens (primary N) is 2. The molecule has 0 bridgehead atoms. The van der Waals surface area contributed by atoms with E-state index in [1.54, 1.807) is 26.0 Å². The number of aromatic hydroxyl groups is 1. The molecule has 1 aliphatic heterocycles. The van der Waals surface area contributed by atoms with Crippen LogP contribution in [0.2, 0.25) is 0 Å². The van der Waals surface area contributed by atoms with Crippen LogP contribution in [0, 0.1) is 5.92 Å². The normalized spacial score (nSPS) is 16.3. The average Bonchev–Trinajstić information content (AvgIpc) is 3.54.